The Labute approximate surface area is 173 Å². The van der Waals surface area contributed by atoms with Gasteiger partial charge in [-0.05, 0) is 51.4 Å². The Morgan fingerprint density at radius 2 is 0.880 bits per heavy atom. The van der Waals surface area contributed by atoms with E-state index in [1.807, 2.05) is 12.2 Å². The molecule has 0 saturated heterocycles. The first kappa shape index (κ1) is 29.1. The fourth-order valence-corrected chi connectivity index (χ4v) is 2.18. The molecule has 0 saturated carbocycles. The summed E-state index contributed by atoms with van der Waals surface area (Å²) in [5.41, 5.74) is 0. The summed E-state index contributed by atoms with van der Waals surface area (Å²) in [6.45, 7) is 7.26. The molecule has 0 amide bonds. The number of carboxylic acids is 2. The normalized spacial score (nSPS) is 9.28. The average Bonchev–Trinajstić information content (AvgIpc) is 2.53. The van der Waals surface area contributed by atoms with Crippen molar-refractivity contribution in [2.45, 2.75) is 89.9 Å². The second-order valence-corrected chi connectivity index (χ2v) is 5.93. The van der Waals surface area contributed by atoms with Crippen LogP contribution in [0.2, 0.25) is 0 Å². The van der Waals surface area contributed by atoms with E-state index in [4.69, 9.17) is 0 Å². The SMILES string of the molecule is C=CCCCCCCCC(=O)[O-].C=CCCCCCCCC(=O)[O-].[Pb+2]. The van der Waals surface area contributed by atoms with E-state index in [0.717, 1.165) is 51.4 Å². The first-order valence-electron chi connectivity index (χ1n) is 9.16. The molecule has 0 rings (SSSR count). The van der Waals surface area contributed by atoms with Gasteiger partial charge in [-0.1, -0.05) is 50.7 Å². The fraction of sp³-hybridized carbons (Fsp3) is 0.700. The Bertz CT molecular complexity index is 298. The number of aliphatic carboxylic acids is 2. The minimum atomic E-state index is -0.930. The molecule has 25 heavy (non-hydrogen) atoms. The van der Waals surface area contributed by atoms with Gasteiger partial charge in [-0.3, -0.25) is 0 Å². The zero-order valence-corrected chi connectivity index (χ0v) is 19.5. The number of unbranched alkanes of at least 4 members (excludes halogenated alkanes) is 10. The summed E-state index contributed by atoms with van der Waals surface area (Å²) in [7, 11) is 0. The van der Waals surface area contributed by atoms with Gasteiger partial charge in [0.05, 0.1) is 0 Å². The van der Waals surface area contributed by atoms with E-state index in [9.17, 15) is 19.8 Å². The van der Waals surface area contributed by atoms with Crippen LogP contribution in [0.1, 0.15) is 89.9 Å². The van der Waals surface area contributed by atoms with Crippen molar-refractivity contribution in [3.63, 3.8) is 0 Å². The van der Waals surface area contributed by atoms with Crippen molar-refractivity contribution >= 4 is 39.2 Å². The minimum Gasteiger partial charge on any atom is -0.550 e. The Morgan fingerprint density at radius 1 is 0.600 bits per heavy atom. The van der Waals surface area contributed by atoms with E-state index in [1.165, 1.54) is 25.7 Å². The summed E-state index contributed by atoms with van der Waals surface area (Å²) >= 11 is 0. The van der Waals surface area contributed by atoms with Gasteiger partial charge in [0.25, 0.3) is 0 Å². The molecule has 0 heterocycles. The number of rotatable bonds is 16. The minimum absolute atomic E-state index is 0. The van der Waals surface area contributed by atoms with E-state index in [1.54, 1.807) is 0 Å². The van der Waals surface area contributed by atoms with E-state index in [0.29, 0.717) is 0 Å². The van der Waals surface area contributed by atoms with Crippen LogP contribution in [-0.2, 0) is 9.59 Å². The molecule has 0 fully saturated rings. The number of hydrogen-bond acceptors (Lipinski definition) is 4. The number of carbonyl (C=O) groups is 2. The van der Waals surface area contributed by atoms with Crippen LogP contribution in [0, 0.1) is 0 Å². The van der Waals surface area contributed by atoms with Crippen LogP contribution in [-0.4, -0.2) is 39.2 Å². The third-order valence-electron chi connectivity index (χ3n) is 3.58. The fourth-order valence-electron chi connectivity index (χ4n) is 2.18. The molecule has 0 aliphatic heterocycles. The summed E-state index contributed by atoms with van der Waals surface area (Å²) in [5, 5.41) is 20.0. The molecule has 0 bridgehead atoms. The maximum atomic E-state index is 10.0. The molecule has 0 spiro atoms. The van der Waals surface area contributed by atoms with E-state index < -0.39 is 11.9 Å². The summed E-state index contributed by atoms with van der Waals surface area (Å²) in [6.07, 6.45) is 16.9. The summed E-state index contributed by atoms with van der Waals surface area (Å²) in [5.74, 6) is -1.86. The molecule has 142 valence electrons. The smallest absolute Gasteiger partial charge is 0.550 e. The van der Waals surface area contributed by atoms with Gasteiger partial charge in [0, 0.05) is 11.9 Å². The molecule has 0 aliphatic rings. The van der Waals surface area contributed by atoms with Crippen molar-refractivity contribution in [3.8, 4) is 0 Å². The monoisotopic (exact) mass is 546 g/mol. The van der Waals surface area contributed by atoms with Gasteiger partial charge in [0.15, 0.2) is 0 Å². The molecule has 5 heteroatoms. The molecule has 0 aromatic heterocycles. The van der Waals surface area contributed by atoms with Crippen molar-refractivity contribution in [1.29, 1.82) is 0 Å². The van der Waals surface area contributed by atoms with Crippen molar-refractivity contribution in [2.75, 3.05) is 0 Å². The third-order valence-corrected chi connectivity index (χ3v) is 3.58. The number of carbonyl (C=O) groups excluding carboxylic acids is 2. The predicted octanol–water partition coefficient (Wildman–Crippen LogP) is 2.93. The maximum Gasteiger partial charge on any atom is 2.00 e. The second kappa shape index (κ2) is 25.6. The average molecular weight is 546 g/mol. The zero-order chi connectivity index (χ0) is 18.5. The van der Waals surface area contributed by atoms with Crippen LogP contribution >= 0.6 is 0 Å². The zero-order valence-electron chi connectivity index (χ0n) is 15.6. The largest absolute Gasteiger partial charge is 2.00 e. The van der Waals surface area contributed by atoms with Gasteiger partial charge >= 0.3 is 27.3 Å². The Kier molecular flexibility index (Phi) is 29.8. The summed E-state index contributed by atoms with van der Waals surface area (Å²) in [4.78, 5) is 20.0. The molecule has 0 aliphatic carbocycles. The van der Waals surface area contributed by atoms with Gasteiger partial charge in [0.2, 0.25) is 0 Å². The molecule has 2 radical (unpaired) electrons. The first-order valence-corrected chi connectivity index (χ1v) is 9.16. The van der Waals surface area contributed by atoms with Gasteiger partial charge in [-0.25, -0.2) is 0 Å². The molecular formula is C20H34O4Pb. The number of hydrogen-bond donors (Lipinski definition) is 0. The second-order valence-electron chi connectivity index (χ2n) is 5.93. The molecule has 4 nitrogen and oxygen atoms in total. The molecule has 0 aromatic carbocycles. The molecule has 0 N–H and O–H groups in total. The molecule has 0 unspecified atom stereocenters. The quantitative estimate of drug-likeness (QED) is 0.170. The molecule has 0 aromatic rings. The van der Waals surface area contributed by atoms with E-state index in [2.05, 4.69) is 13.2 Å². The van der Waals surface area contributed by atoms with Crippen LogP contribution in [0.25, 0.3) is 0 Å². The van der Waals surface area contributed by atoms with Gasteiger partial charge in [0.1, 0.15) is 0 Å². The van der Waals surface area contributed by atoms with Crippen LogP contribution in [0.15, 0.2) is 25.3 Å². The topological polar surface area (TPSA) is 80.3 Å². The summed E-state index contributed by atoms with van der Waals surface area (Å²) < 4.78 is 0. The van der Waals surface area contributed by atoms with E-state index in [-0.39, 0.29) is 40.1 Å². The van der Waals surface area contributed by atoms with Crippen LogP contribution in [0.4, 0.5) is 0 Å². The standard InChI is InChI=1S/2C10H18O2.Pb/c2*1-2-3-4-5-6-7-8-9-10(11)12;/h2*2H,1,3-9H2,(H,11,12);/q;;+2/p-2. The molecule has 0 atom stereocenters. The van der Waals surface area contributed by atoms with Crippen molar-refractivity contribution in [2.24, 2.45) is 0 Å². The Morgan fingerprint density at radius 3 is 1.16 bits per heavy atom. The van der Waals surface area contributed by atoms with Crippen LogP contribution in [0.3, 0.4) is 0 Å². The van der Waals surface area contributed by atoms with Gasteiger partial charge in [-0.2, -0.15) is 0 Å². The Hall–Kier alpha value is -0.658. The van der Waals surface area contributed by atoms with Crippen molar-refractivity contribution < 1.29 is 19.8 Å². The number of carboxylic acid groups (broad SMARTS) is 2. The summed E-state index contributed by atoms with van der Waals surface area (Å²) in [6, 6.07) is 0. The Balaban J connectivity index is -0.000000372. The van der Waals surface area contributed by atoms with Crippen molar-refractivity contribution in [3.05, 3.63) is 25.3 Å². The molecular weight excluding hydrogens is 511 g/mol. The number of allylic oxidation sites excluding steroid dienone is 2. The van der Waals surface area contributed by atoms with Crippen LogP contribution < -0.4 is 10.2 Å². The van der Waals surface area contributed by atoms with Gasteiger partial charge in [-0.15, -0.1) is 13.2 Å². The van der Waals surface area contributed by atoms with Crippen LogP contribution in [0.5, 0.6) is 0 Å². The van der Waals surface area contributed by atoms with Gasteiger partial charge < -0.3 is 19.8 Å². The predicted molar refractivity (Wildman–Crippen MR) is 101 cm³/mol. The maximum absolute atomic E-state index is 10.0. The third kappa shape index (κ3) is 35.4. The van der Waals surface area contributed by atoms with Crippen molar-refractivity contribution in [1.82, 2.24) is 0 Å². The van der Waals surface area contributed by atoms with E-state index >= 15 is 0 Å². The first-order chi connectivity index (χ1) is 11.5.